The molecule has 0 amide bonds. The van der Waals surface area contributed by atoms with Gasteiger partial charge in [-0.15, -0.1) is 39.5 Å². The van der Waals surface area contributed by atoms with Crippen LogP contribution < -0.4 is 17.1 Å². The van der Waals surface area contributed by atoms with E-state index in [9.17, 15) is 14.4 Å². The first-order valence-electron chi connectivity index (χ1n) is 29.8. The fraction of sp³-hybridized carbons (Fsp3) is 0.762. The Kier molecular flexibility index (Phi) is 41.0. The quantitative estimate of drug-likeness (QED) is 0.0482. The maximum absolute atomic E-state index is 14.8. The van der Waals surface area contributed by atoms with Gasteiger partial charge in [0.1, 0.15) is 0 Å². The zero-order valence-corrected chi connectivity index (χ0v) is 50.8. The van der Waals surface area contributed by atoms with E-state index in [0.717, 1.165) is 57.8 Å². The van der Waals surface area contributed by atoms with Crippen molar-refractivity contribution in [3.05, 3.63) is 107 Å². The summed E-state index contributed by atoms with van der Waals surface area (Å²) in [5.74, 6) is 3.65. The Balaban J connectivity index is 3.79. The molecule has 1 aromatic heterocycles. The molecule has 0 fully saturated rings. The lowest BCUT2D eigenvalue weighted by atomic mass is 9.83. The molecule has 0 aliphatic carbocycles. The van der Waals surface area contributed by atoms with E-state index >= 15 is 0 Å². The Morgan fingerprint density at radius 2 is 0.542 bits per heavy atom. The van der Waals surface area contributed by atoms with Crippen LogP contribution in [0.4, 0.5) is 0 Å². The van der Waals surface area contributed by atoms with Gasteiger partial charge in [-0.25, -0.2) is 28.1 Å². The second-order valence-electron chi connectivity index (χ2n) is 21.9. The highest BCUT2D eigenvalue weighted by atomic mass is 28.2. The Bertz CT molecular complexity index is 1510. The van der Waals surface area contributed by atoms with E-state index in [4.69, 9.17) is 0 Å². The lowest BCUT2D eigenvalue weighted by Crippen LogP contribution is -2.56. The average molecular weight is 1040 g/mol. The van der Waals surface area contributed by atoms with Gasteiger partial charge < -0.3 is 0 Å². The lowest BCUT2D eigenvalue weighted by Gasteiger charge is -2.27. The van der Waals surface area contributed by atoms with E-state index in [-0.39, 0.29) is 0 Å². The first-order chi connectivity index (χ1) is 35.0. The van der Waals surface area contributed by atoms with Crippen molar-refractivity contribution in [2.45, 2.75) is 269 Å². The van der Waals surface area contributed by atoms with Crippen molar-refractivity contribution in [3.8, 4) is 0 Å². The van der Waals surface area contributed by atoms with E-state index < -0.39 is 17.1 Å². The van der Waals surface area contributed by atoms with Gasteiger partial charge in [0.05, 0.1) is 28.6 Å². The van der Waals surface area contributed by atoms with Gasteiger partial charge in [-0.2, -0.15) is 0 Å². The smallest absolute Gasteiger partial charge is 0.249 e. The number of unbranched alkanes of at least 4 members (excludes halogenated alkanes) is 6. The molecule has 6 radical (unpaired) electrons. The van der Waals surface area contributed by atoms with Gasteiger partial charge in [0.2, 0.25) is 0 Å². The summed E-state index contributed by atoms with van der Waals surface area (Å²) in [6, 6.07) is 0. The average Bonchev–Trinajstić information content (AvgIpc) is 3.36. The Morgan fingerprint density at radius 3 is 0.722 bits per heavy atom. The molecule has 0 saturated heterocycles. The maximum atomic E-state index is 14.8. The zero-order valence-electron chi connectivity index (χ0n) is 47.8. The van der Waals surface area contributed by atoms with E-state index in [1.54, 1.807) is 0 Å². The topological polar surface area (TPSA) is 66.0 Å². The molecule has 0 aromatic carbocycles. The van der Waals surface area contributed by atoms with Gasteiger partial charge in [-0.3, -0.25) is 0 Å². The molecular formula is C63H111N3O3Si3. The molecular weight excluding hydrogens is 931 g/mol. The van der Waals surface area contributed by atoms with Crippen LogP contribution in [0, 0.1) is 35.5 Å². The summed E-state index contributed by atoms with van der Waals surface area (Å²) < 4.78 is 4.34. The van der Waals surface area contributed by atoms with Crippen molar-refractivity contribution in [2.75, 3.05) is 0 Å². The van der Waals surface area contributed by atoms with Crippen LogP contribution in [0.3, 0.4) is 0 Å². The Hall–Kier alpha value is -2.50. The predicted octanol–water partition coefficient (Wildman–Crippen LogP) is 17.2. The summed E-state index contributed by atoms with van der Waals surface area (Å²) in [7, 11) is 1.06. The van der Waals surface area contributed by atoms with Crippen molar-refractivity contribution in [1.82, 2.24) is 13.7 Å². The molecule has 6 unspecified atom stereocenters. The largest absolute Gasteiger partial charge is 0.335 e. The number of hydrogen-bond donors (Lipinski definition) is 0. The molecule has 0 spiro atoms. The second kappa shape index (κ2) is 43.7. The van der Waals surface area contributed by atoms with E-state index in [1.807, 2.05) is 18.2 Å². The molecule has 1 heterocycles. The van der Waals surface area contributed by atoms with Crippen molar-refractivity contribution in [3.63, 3.8) is 0 Å². The van der Waals surface area contributed by atoms with Crippen molar-refractivity contribution in [1.29, 1.82) is 0 Å². The fourth-order valence-electron chi connectivity index (χ4n) is 11.4. The van der Waals surface area contributed by atoms with E-state index in [0.29, 0.717) is 99.2 Å². The SMILES string of the molecule is C=CCC(CC(CCCC)CCCC)CC(CC=C)[Si]Cn1c(=O)n(C[Si]C(CC=C)CC(CC=C)CC(CCCC)CCCC)c(=O)n(C[Si]C(CC=C)CC(CC=C)CC(CCCC)CCCC)c1=O. The molecule has 0 aliphatic heterocycles. The molecule has 1 rings (SSSR count). The van der Waals surface area contributed by atoms with Crippen LogP contribution in [-0.4, -0.2) is 42.3 Å². The van der Waals surface area contributed by atoms with Crippen LogP contribution in [0.25, 0.3) is 0 Å². The molecule has 0 aliphatic rings. The lowest BCUT2D eigenvalue weighted by molar-refractivity contribution is 0.307. The van der Waals surface area contributed by atoms with E-state index in [2.05, 4.69) is 99.2 Å². The Labute approximate surface area is 452 Å². The van der Waals surface area contributed by atoms with Crippen molar-refractivity contribution >= 4 is 28.6 Å². The minimum Gasteiger partial charge on any atom is -0.249 e. The van der Waals surface area contributed by atoms with Gasteiger partial charge in [0.25, 0.3) is 0 Å². The first kappa shape index (κ1) is 67.5. The summed E-state index contributed by atoms with van der Waals surface area (Å²) in [5, 5.41) is 0. The van der Waals surface area contributed by atoms with Gasteiger partial charge in [0.15, 0.2) is 0 Å². The molecule has 0 bridgehead atoms. The van der Waals surface area contributed by atoms with Gasteiger partial charge in [-0.05, 0) is 129 Å². The number of rotatable bonds is 51. The fourth-order valence-corrected chi connectivity index (χ4v) is 16.1. The van der Waals surface area contributed by atoms with Crippen LogP contribution in [0.5, 0.6) is 0 Å². The summed E-state index contributed by atoms with van der Waals surface area (Å²) in [5.41, 5.74) is -0.443. The number of nitrogens with zero attached hydrogens (tertiary/aromatic N) is 3. The van der Waals surface area contributed by atoms with Gasteiger partial charge >= 0.3 is 17.1 Å². The molecule has 408 valence electrons. The monoisotopic (exact) mass is 1040 g/mol. The molecule has 6 nitrogen and oxygen atoms in total. The van der Waals surface area contributed by atoms with Crippen LogP contribution in [0.2, 0.25) is 16.6 Å². The molecule has 0 N–H and O–H groups in total. The second-order valence-corrected chi connectivity index (χ2v) is 26.5. The molecule has 72 heavy (non-hydrogen) atoms. The van der Waals surface area contributed by atoms with Crippen LogP contribution >= 0.6 is 0 Å². The predicted molar refractivity (Wildman–Crippen MR) is 322 cm³/mol. The summed E-state index contributed by atoms with van der Waals surface area (Å²) in [4.78, 5) is 44.4. The third-order valence-corrected chi connectivity index (χ3v) is 20.1. The third kappa shape index (κ3) is 28.4. The molecule has 0 saturated carbocycles. The molecule has 1 aromatic rings. The third-order valence-electron chi connectivity index (χ3n) is 15.5. The highest BCUT2D eigenvalue weighted by Gasteiger charge is 2.26. The number of hydrogen-bond acceptors (Lipinski definition) is 3. The highest BCUT2D eigenvalue weighted by molar-refractivity contribution is 6.37. The number of aromatic nitrogens is 3. The zero-order chi connectivity index (χ0) is 53.4. The summed E-state index contributed by atoms with van der Waals surface area (Å²) >= 11 is 0. The maximum Gasteiger partial charge on any atom is 0.335 e. The van der Waals surface area contributed by atoms with Crippen LogP contribution in [0.15, 0.2) is 90.3 Å². The summed E-state index contributed by atoms with van der Waals surface area (Å²) in [6.07, 6.45) is 47.9. The minimum absolute atomic E-state index is 0.295. The summed E-state index contributed by atoms with van der Waals surface area (Å²) in [6.45, 7) is 38.7. The van der Waals surface area contributed by atoms with Gasteiger partial charge in [-0.1, -0.05) is 194 Å². The molecule has 9 heteroatoms. The van der Waals surface area contributed by atoms with Crippen molar-refractivity contribution in [2.24, 2.45) is 35.5 Å². The Morgan fingerprint density at radius 1 is 0.333 bits per heavy atom. The highest BCUT2D eigenvalue weighted by Crippen LogP contribution is 2.35. The van der Waals surface area contributed by atoms with Crippen LogP contribution in [-0.2, 0) is 18.5 Å². The first-order valence-corrected chi connectivity index (χ1v) is 33.6. The minimum atomic E-state index is -0.443. The van der Waals surface area contributed by atoms with E-state index in [1.165, 1.54) is 149 Å². The number of allylic oxidation sites excluding steroid dienone is 6. The van der Waals surface area contributed by atoms with Crippen LogP contribution in [0.1, 0.15) is 234 Å². The standard InChI is InChI=1S/C63H111N3O3Si3/c1-13-25-37-52(38-26-14-2)43-55(31-19-7)46-58(34-22-10)70-49-64-61(67)65(50-71-59(35-23-11)47-56(32-20-8)44-53(39-27-15-3)40-28-16-4)63(69)66(62(64)68)51-72-60(36-24-12)48-57(33-21-9)45-54(41-29-17-5)42-30-18-6/h19-24,52-60H,7-18,25-51H2,1-6H3. The molecule has 6 atom stereocenters. The normalized spacial score (nSPS) is 14.3. The van der Waals surface area contributed by atoms with Crippen molar-refractivity contribution < 1.29 is 0 Å². The van der Waals surface area contributed by atoms with Gasteiger partial charge in [0, 0.05) is 18.5 Å².